The number of hydrogen-bond acceptors (Lipinski definition) is 6. The first-order valence-corrected chi connectivity index (χ1v) is 10.6. The molecule has 27 heavy (non-hydrogen) atoms. The molecule has 4 nitrogen and oxygen atoms in total. The summed E-state index contributed by atoms with van der Waals surface area (Å²) in [6.45, 7) is 0. The molecule has 1 amide bonds. The molecule has 0 aliphatic carbocycles. The average Bonchev–Trinajstić information content (AvgIpc) is 3.28. The van der Waals surface area contributed by atoms with Gasteiger partial charge in [-0.25, -0.2) is 4.98 Å². The van der Waals surface area contributed by atoms with Gasteiger partial charge < -0.3 is 9.73 Å². The molecule has 2 aromatic heterocycles. The van der Waals surface area contributed by atoms with Crippen LogP contribution in [0.15, 0.2) is 84.3 Å². The zero-order chi connectivity index (χ0) is 18.2. The van der Waals surface area contributed by atoms with Crippen LogP contribution in [-0.2, 0) is 4.79 Å². The van der Waals surface area contributed by atoms with Gasteiger partial charge in [-0.2, -0.15) is 0 Å². The summed E-state index contributed by atoms with van der Waals surface area (Å²) in [5.74, 6) is 0.533. The number of thiazole rings is 1. The van der Waals surface area contributed by atoms with E-state index in [0.29, 0.717) is 10.7 Å². The second-order valence-corrected chi connectivity index (χ2v) is 9.13. The fraction of sp³-hybridized carbons (Fsp3) is 0. The number of amides is 1. The van der Waals surface area contributed by atoms with Crippen LogP contribution in [0, 0.1) is 0 Å². The smallest absolute Gasteiger partial charge is 0.262 e. The van der Waals surface area contributed by atoms with Gasteiger partial charge in [-0.1, -0.05) is 36.0 Å². The van der Waals surface area contributed by atoms with Crippen molar-refractivity contribution in [3.8, 4) is 0 Å². The van der Waals surface area contributed by atoms with E-state index in [1.54, 1.807) is 17.4 Å². The molecule has 3 heterocycles. The predicted octanol–water partition coefficient (Wildman–Crippen LogP) is 6.13. The number of aromatic nitrogens is 1. The van der Waals surface area contributed by atoms with Gasteiger partial charge in [-0.3, -0.25) is 4.79 Å². The molecule has 0 spiro atoms. The van der Waals surface area contributed by atoms with Crippen molar-refractivity contribution < 1.29 is 9.21 Å². The number of rotatable bonds is 3. The summed E-state index contributed by atoms with van der Waals surface area (Å²) < 4.78 is 7.97. The van der Waals surface area contributed by atoms with Crippen LogP contribution >= 0.6 is 34.9 Å². The number of nitrogens with zero attached hydrogens (tertiary/aromatic N) is 1. The Morgan fingerprint density at radius 3 is 2.81 bits per heavy atom. The van der Waals surface area contributed by atoms with E-state index >= 15 is 0 Å². The van der Waals surface area contributed by atoms with Crippen molar-refractivity contribution in [2.75, 3.05) is 5.32 Å². The number of carbonyl (C=O) groups is 1. The van der Waals surface area contributed by atoms with Crippen molar-refractivity contribution in [1.29, 1.82) is 0 Å². The minimum absolute atomic E-state index is 0.115. The summed E-state index contributed by atoms with van der Waals surface area (Å²) in [5.41, 5.74) is 1.84. The van der Waals surface area contributed by atoms with Crippen molar-refractivity contribution in [1.82, 2.24) is 4.98 Å². The summed E-state index contributed by atoms with van der Waals surface area (Å²) in [5, 5.41) is 3.66. The number of fused-ring (bicyclic) bond motifs is 2. The molecule has 0 saturated carbocycles. The summed E-state index contributed by atoms with van der Waals surface area (Å²) in [6.07, 6.45) is 1.78. The highest BCUT2D eigenvalue weighted by atomic mass is 32.2. The van der Waals surface area contributed by atoms with Crippen molar-refractivity contribution in [2.45, 2.75) is 14.3 Å². The van der Waals surface area contributed by atoms with Gasteiger partial charge in [0.25, 0.3) is 5.91 Å². The molecule has 1 N–H and O–H groups in total. The maximum absolute atomic E-state index is 12.3. The predicted molar refractivity (Wildman–Crippen MR) is 111 cm³/mol. The van der Waals surface area contributed by atoms with Gasteiger partial charge in [-0.15, -0.1) is 11.3 Å². The second kappa shape index (κ2) is 6.92. The van der Waals surface area contributed by atoms with E-state index in [-0.39, 0.29) is 5.91 Å². The average molecular weight is 409 g/mol. The molecule has 0 fully saturated rings. The molecule has 0 saturated heterocycles. The van der Waals surface area contributed by atoms with E-state index in [0.717, 1.165) is 30.2 Å². The highest BCUT2D eigenvalue weighted by Gasteiger charge is 2.21. The van der Waals surface area contributed by atoms with E-state index in [9.17, 15) is 4.79 Å². The minimum atomic E-state index is -0.115. The fourth-order valence-corrected chi connectivity index (χ4v) is 5.58. The SMILES string of the molecule is O=C1Nc2ccccc2S/C1=C\c1ccc(Sc2nc3ccccc3s2)o1. The number of benzene rings is 2. The quantitative estimate of drug-likeness (QED) is 0.414. The van der Waals surface area contributed by atoms with Crippen molar-refractivity contribution in [2.24, 2.45) is 0 Å². The molecule has 2 aromatic carbocycles. The number of anilines is 1. The first kappa shape index (κ1) is 16.7. The van der Waals surface area contributed by atoms with Crippen LogP contribution in [0.5, 0.6) is 0 Å². The van der Waals surface area contributed by atoms with Crippen molar-refractivity contribution >= 4 is 62.7 Å². The van der Waals surface area contributed by atoms with Crippen LogP contribution in [0.1, 0.15) is 5.76 Å². The van der Waals surface area contributed by atoms with Crippen LogP contribution in [0.4, 0.5) is 5.69 Å². The molecule has 0 bridgehead atoms. The Morgan fingerprint density at radius 1 is 1.04 bits per heavy atom. The monoisotopic (exact) mass is 408 g/mol. The highest BCUT2D eigenvalue weighted by molar-refractivity contribution is 8.04. The number of carbonyl (C=O) groups excluding carboxylic acids is 1. The molecule has 7 heteroatoms. The zero-order valence-corrected chi connectivity index (χ0v) is 16.3. The molecule has 0 unspecified atom stereocenters. The van der Waals surface area contributed by atoms with E-state index in [1.165, 1.54) is 23.5 Å². The van der Waals surface area contributed by atoms with Gasteiger partial charge in [0.15, 0.2) is 9.43 Å². The summed E-state index contributed by atoms with van der Waals surface area (Å²) >= 11 is 4.58. The third-order valence-corrected chi connectivity index (χ3v) is 7.03. The summed E-state index contributed by atoms with van der Waals surface area (Å²) in [6, 6.07) is 19.6. The number of thioether (sulfide) groups is 1. The third kappa shape index (κ3) is 3.41. The van der Waals surface area contributed by atoms with E-state index < -0.39 is 0 Å². The van der Waals surface area contributed by atoms with Crippen molar-refractivity contribution in [3.63, 3.8) is 0 Å². The van der Waals surface area contributed by atoms with Gasteiger partial charge >= 0.3 is 0 Å². The molecular weight excluding hydrogens is 396 g/mol. The van der Waals surface area contributed by atoms with E-state index in [1.807, 2.05) is 54.6 Å². The lowest BCUT2D eigenvalue weighted by Gasteiger charge is -2.17. The van der Waals surface area contributed by atoms with Gasteiger partial charge in [0.1, 0.15) is 5.76 Å². The Kier molecular flexibility index (Phi) is 4.27. The molecule has 5 rings (SSSR count). The molecule has 132 valence electrons. The number of para-hydroxylation sites is 2. The molecule has 0 atom stereocenters. The van der Waals surface area contributed by atoms with Gasteiger partial charge in [0.05, 0.1) is 20.8 Å². The largest absolute Gasteiger partial charge is 0.450 e. The normalized spacial score (nSPS) is 15.1. The van der Waals surface area contributed by atoms with E-state index in [2.05, 4.69) is 16.4 Å². The molecule has 1 aliphatic heterocycles. The Labute approximate surface area is 167 Å². The maximum Gasteiger partial charge on any atom is 0.262 e. The maximum atomic E-state index is 12.3. The first-order chi connectivity index (χ1) is 13.2. The number of hydrogen-bond donors (Lipinski definition) is 1. The van der Waals surface area contributed by atoms with Gasteiger partial charge in [0, 0.05) is 11.0 Å². The van der Waals surface area contributed by atoms with Crippen LogP contribution in [0.25, 0.3) is 16.3 Å². The van der Waals surface area contributed by atoms with Crippen LogP contribution in [-0.4, -0.2) is 10.9 Å². The van der Waals surface area contributed by atoms with Crippen LogP contribution in [0.3, 0.4) is 0 Å². The molecule has 0 radical (unpaired) electrons. The Morgan fingerprint density at radius 2 is 1.89 bits per heavy atom. The van der Waals surface area contributed by atoms with Crippen LogP contribution in [0.2, 0.25) is 0 Å². The standard InChI is InChI=1S/C20H12N2O2S3/c23-19-17(25-15-7-3-1-5-13(15)21-19)11-12-9-10-18(24-12)27-20-22-14-6-2-4-8-16(14)26-20/h1-11H,(H,21,23)/b17-11-. The molecule has 4 aromatic rings. The Hall–Kier alpha value is -2.48. The second-order valence-electron chi connectivity index (χ2n) is 5.77. The minimum Gasteiger partial charge on any atom is -0.450 e. The lowest BCUT2D eigenvalue weighted by atomic mass is 10.3. The third-order valence-electron chi connectivity index (χ3n) is 3.92. The number of nitrogens with one attached hydrogen (secondary N) is 1. The fourth-order valence-electron chi connectivity index (χ4n) is 2.68. The van der Waals surface area contributed by atoms with Crippen LogP contribution < -0.4 is 5.32 Å². The summed E-state index contributed by atoms with van der Waals surface area (Å²) in [7, 11) is 0. The van der Waals surface area contributed by atoms with Gasteiger partial charge in [-0.05, 0) is 48.2 Å². The lowest BCUT2D eigenvalue weighted by molar-refractivity contribution is -0.112. The topological polar surface area (TPSA) is 55.1 Å². The molecular formula is C20H12N2O2S3. The van der Waals surface area contributed by atoms with Crippen molar-refractivity contribution in [3.05, 3.63) is 71.3 Å². The zero-order valence-electron chi connectivity index (χ0n) is 13.8. The molecule has 1 aliphatic rings. The van der Waals surface area contributed by atoms with Gasteiger partial charge in [0.2, 0.25) is 0 Å². The van der Waals surface area contributed by atoms with E-state index in [4.69, 9.17) is 4.42 Å². The summed E-state index contributed by atoms with van der Waals surface area (Å²) in [4.78, 5) is 18.5. The highest BCUT2D eigenvalue weighted by Crippen LogP contribution is 2.39. The lowest BCUT2D eigenvalue weighted by Crippen LogP contribution is -2.16. The first-order valence-electron chi connectivity index (χ1n) is 8.18. The Balaban J connectivity index is 1.37. The number of furan rings is 1. The Bertz CT molecular complexity index is 1160.